The van der Waals surface area contributed by atoms with Gasteiger partial charge in [0.2, 0.25) is 11.9 Å². The zero-order valence-corrected chi connectivity index (χ0v) is 26.0. The number of fused-ring (bicyclic) bond motifs is 1. The Labute approximate surface area is 266 Å². The van der Waals surface area contributed by atoms with Crippen molar-refractivity contribution in [2.24, 2.45) is 11.7 Å². The van der Waals surface area contributed by atoms with Crippen molar-refractivity contribution in [3.05, 3.63) is 118 Å². The fourth-order valence-corrected chi connectivity index (χ4v) is 6.32. The van der Waals surface area contributed by atoms with Crippen molar-refractivity contribution in [1.29, 1.82) is 0 Å². The maximum Gasteiger partial charge on any atom is 0.280 e. The van der Waals surface area contributed by atoms with E-state index in [9.17, 15) is 14.7 Å². The van der Waals surface area contributed by atoms with Crippen LogP contribution in [0.15, 0.2) is 96.1 Å². The summed E-state index contributed by atoms with van der Waals surface area (Å²) in [5.41, 5.74) is 9.34. The van der Waals surface area contributed by atoms with Gasteiger partial charge in [0.05, 0.1) is 19.5 Å². The highest BCUT2D eigenvalue weighted by atomic mass is 16.5. The van der Waals surface area contributed by atoms with Crippen LogP contribution in [0.1, 0.15) is 43.2 Å². The quantitative estimate of drug-likeness (QED) is 0.183. The smallest absolute Gasteiger partial charge is 0.280 e. The third-order valence-electron chi connectivity index (χ3n) is 8.79. The Morgan fingerprint density at radius 3 is 2.30 bits per heavy atom. The number of nitrogens with two attached hydrogens (primary N) is 1. The van der Waals surface area contributed by atoms with Crippen LogP contribution in [0.3, 0.4) is 0 Å². The van der Waals surface area contributed by atoms with Gasteiger partial charge in [-0.2, -0.15) is 4.98 Å². The molecule has 11 heteroatoms. The topological polar surface area (TPSA) is 157 Å². The lowest BCUT2D eigenvalue weighted by atomic mass is 9.64. The van der Waals surface area contributed by atoms with Gasteiger partial charge in [-0.15, -0.1) is 0 Å². The summed E-state index contributed by atoms with van der Waals surface area (Å²) >= 11 is 0. The van der Waals surface area contributed by atoms with Gasteiger partial charge in [0.25, 0.3) is 5.56 Å². The Hall–Kier alpha value is -4.84. The van der Waals surface area contributed by atoms with Crippen molar-refractivity contribution < 1.29 is 19.4 Å². The van der Waals surface area contributed by atoms with Crippen molar-refractivity contribution >= 4 is 23.0 Å². The first-order chi connectivity index (χ1) is 22.2. The van der Waals surface area contributed by atoms with E-state index in [1.165, 1.54) is 6.33 Å². The highest BCUT2D eigenvalue weighted by Gasteiger charge is 2.50. The third-order valence-corrected chi connectivity index (χ3v) is 8.79. The maximum absolute atomic E-state index is 12.8. The van der Waals surface area contributed by atoms with Crippen LogP contribution in [0.25, 0.3) is 11.2 Å². The van der Waals surface area contributed by atoms with Crippen LogP contribution >= 0.6 is 0 Å². The second-order valence-electron chi connectivity index (χ2n) is 12.0. The van der Waals surface area contributed by atoms with Crippen LogP contribution in [-0.2, 0) is 21.4 Å². The summed E-state index contributed by atoms with van der Waals surface area (Å²) in [4.78, 5) is 36.5. The molecule has 5 N–H and O–H groups in total. The number of H-pyrrole nitrogens is 1. The average Bonchev–Trinajstić information content (AvgIpc) is 3.68. The van der Waals surface area contributed by atoms with Gasteiger partial charge in [-0.05, 0) is 35.2 Å². The molecular weight excluding hydrogens is 584 g/mol. The molecule has 0 saturated carbocycles. The number of carbonyl (C=O) groups is 1. The first kappa shape index (κ1) is 31.2. The number of carbonyl (C=O) groups excluding carboxylic acids is 1. The molecule has 3 aromatic carbocycles. The SMILES string of the molecule is COc1ccc(CC(c2ccccc2)(c2ccccc2)C(N)[C@H]2O[C@@H](n3cnc4c(=O)[nH]c(NC(=O)C(C)C)nc43)CC2O)cc1. The molecule has 2 unspecified atom stereocenters. The molecule has 0 bridgehead atoms. The molecule has 0 spiro atoms. The molecule has 5 aromatic rings. The van der Waals surface area contributed by atoms with Crippen LogP contribution in [0, 0.1) is 5.92 Å². The number of methoxy groups -OCH3 is 1. The number of aromatic nitrogens is 4. The Balaban J connectivity index is 1.40. The van der Waals surface area contributed by atoms with E-state index in [1.807, 2.05) is 60.7 Å². The number of nitrogens with zero attached hydrogens (tertiary/aromatic N) is 3. The molecule has 0 radical (unpaired) electrons. The molecule has 0 aliphatic carbocycles. The second-order valence-corrected chi connectivity index (χ2v) is 12.0. The number of anilines is 1. The molecule has 1 amide bonds. The van der Waals surface area contributed by atoms with Crippen LogP contribution < -0.4 is 21.3 Å². The lowest BCUT2D eigenvalue weighted by Crippen LogP contribution is -2.57. The number of aromatic amines is 1. The highest BCUT2D eigenvalue weighted by molar-refractivity contribution is 5.91. The molecule has 1 saturated heterocycles. The van der Waals surface area contributed by atoms with Crippen molar-refractivity contribution in [3.8, 4) is 5.75 Å². The van der Waals surface area contributed by atoms with Crippen LogP contribution in [0.2, 0.25) is 0 Å². The molecule has 4 atom stereocenters. The lowest BCUT2D eigenvalue weighted by molar-refractivity contribution is -0.118. The van der Waals surface area contributed by atoms with E-state index in [1.54, 1.807) is 25.5 Å². The molecule has 46 heavy (non-hydrogen) atoms. The van der Waals surface area contributed by atoms with Crippen molar-refractivity contribution in [2.75, 3.05) is 12.4 Å². The van der Waals surface area contributed by atoms with Gasteiger partial charge >= 0.3 is 0 Å². The monoisotopic (exact) mass is 622 g/mol. The van der Waals surface area contributed by atoms with Crippen molar-refractivity contribution in [1.82, 2.24) is 19.5 Å². The Morgan fingerprint density at radius 1 is 1.09 bits per heavy atom. The van der Waals surface area contributed by atoms with Gasteiger partial charge in [-0.3, -0.25) is 24.5 Å². The molecule has 238 valence electrons. The zero-order chi connectivity index (χ0) is 32.4. The van der Waals surface area contributed by atoms with Crippen molar-refractivity contribution in [3.63, 3.8) is 0 Å². The third kappa shape index (κ3) is 5.80. The van der Waals surface area contributed by atoms with Gasteiger partial charge in [0, 0.05) is 23.8 Å². The van der Waals surface area contributed by atoms with Gasteiger partial charge < -0.3 is 20.3 Å². The number of nitrogens with one attached hydrogen (secondary N) is 2. The second kappa shape index (κ2) is 12.9. The summed E-state index contributed by atoms with van der Waals surface area (Å²) in [5, 5.41) is 14.2. The number of hydrogen-bond donors (Lipinski definition) is 4. The number of rotatable bonds is 10. The van der Waals surface area contributed by atoms with E-state index >= 15 is 0 Å². The standard InChI is InChI=1S/C35H38N6O5/c1-21(2)32(43)39-34-38-31-28(33(44)40-34)37-20-41(31)27-18-26(42)29(46-27)30(36)35(23-10-6-4-7-11-23,24-12-8-5-9-13-24)19-22-14-16-25(45-3)17-15-22/h4-17,20-21,26-27,29-30,42H,18-19,36H2,1-3H3,(H2,38,39,40,43,44)/t26?,27-,29+,30?/m1/s1. The molecule has 11 nitrogen and oxygen atoms in total. The van der Waals surface area contributed by atoms with Gasteiger partial charge in [0.15, 0.2) is 11.2 Å². The summed E-state index contributed by atoms with van der Waals surface area (Å²) in [5.74, 6) is 0.162. The summed E-state index contributed by atoms with van der Waals surface area (Å²) in [6.45, 7) is 3.49. The van der Waals surface area contributed by atoms with Crippen molar-refractivity contribution in [2.45, 2.75) is 56.6 Å². The molecule has 2 aromatic heterocycles. The van der Waals surface area contributed by atoms with E-state index in [0.717, 1.165) is 22.4 Å². The largest absolute Gasteiger partial charge is 0.497 e. The fraction of sp³-hybridized carbons (Fsp3) is 0.314. The lowest BCUT2D eigenvalue weighted by Gasteiger charge is -2.43. The van der Waals surface area contributed by atoms with Crippen LogP contribution in [0.4, 0.5) is 5.95 Å². The first-order valence-electron chi connectivity index (χ1n) is 15.3. The number of imidazole rings is 1. The van der Waals surface area contributed by atoms with E-state index in [2.05, 4.69) is 44.5 Å². The first-order valence-corrected chi connectivity index (χ1v) is 15.3. The normalized spacial score (nSPS) is 19.0. The van der Waals surface area contributed by atoms with Gasteiger partial charge in [-0.1, -0.05) is 86.6 Å². The Bertz CT molecular complexity index is 1820. The number of aliphatic hydroxyl groups excluding tert-OH is 1. The highest BCUT2D eigenvalue weighted by Crippen LogP contribution is 2.44. The maximum atomic E-state index is 12.8. The molecule has 1 aliphatic rings. The predicted octanol–water partition coefficient (Wildman–Crippen LogP) is 3.93. The number of ether oxygens (including phenoxy) is 2. The molecule has 1 aliphatic heterocycles. The fourth-order valence-electron chi connectivity index (χ4n) is 6.32. The van der Waals surface area contributed by atoms with Gasteiger partial charge in [-0.25, -0.2) is 4.98 Å². The minimum Gasteiger partial charge on any atom is -0.497 e. The summed E-state index contributed by atoms with van der Waals surface area (Å²) in [6.07, 6.45) is -0.290. The minimum atomic E-state index is -0.942. The summed E-state index contributed by atoms with van der Waals surface area (Å²) in [6, 6.07) is 27.3. The van der Waals surface area contributed by atoms with E-state index in [4.69, 9.17) is 15.2 Å². The number of amides is 1. The van der Waals surface area contributed by atoms with E-state index < -0.39 is 35.5 Å². The average molecular weight is 623 g/mol. The number of benzene rings is 3. The van der Waals surface area contributed by atoms with Gasteiger partial charge in [0.1, 0.15) is 18.1 Å². The molecular formula is C35H38N6O5. The van der Waals surface area contributed by atoms with E-state index in [-0.39, 0.29) is 35.4 Å². The minimum absolute atomic E-state index is 0.0106. The molecule has 6 rings (SSSR count). The predicted molar refractivity (Wildman–Crippen MR) is 174 cm³/mol. The molecule has 3 heterocycles. The number of hydrogen-bond acceptors (Lipinski definition) is 8. The number of aliphatic hydroxyl groups is 1. The van der Waals surface area contributed by atoms with Crippen LogP contribution in [-0.4, -0.2) is 55.9 Å². The van der Waals surface area contributed by atoms with E-state index in [0.29, 0.717) is 6.42 Å². The summed E-state index contributed by atoms with van der Waals surface area (Å²) in [7, 11) is 1.63. The van der Waals surface area contributed by atoms with Crippen LogP contribution in [0.5, 0.6) is 5.75 Å². The molecule has 1 fully saturated rings. The Morgan fingerprint density at radius 2 is 1.72 bits per heavy atom. The zero-order valence-electron chi connectivity index (χ0n) is 26.0. The summed E-state index contributed by atoms with van der Waals surface area (Å²) < 4.78 is 13.6. The Kier molecular flexibility index (Phi) is 8.72.